The van der Waals surface area contributed by atoms with Gasteiger partial charge in [-0.2, -0.15) is 0 Å². The molecule has 1 atom stereocenters. The lowest BCUT2D eigenvalue weighted by Gasteiger charge is -2.10. The zero-order chi connectivity index (χ0) is 21.8. The Bertz CT molecular complexity index is 1040. The fourth-order valence-corrected chi connectivity index (χ4v) is 4.21. The van der Waals surface area contributed by atoms with Gasteiger partial charge in [-0.1, -0.05) is 23.4 Å². The Kier molecular flexibility index (Phi) is 7.11. The summed E-state index contributed by atoms with van der Waals surface area (Å²) in [5, 5.41) is 15.2. The van der Waals surface area contributed by atoms with Crippen molar-refractivity contribution in [2.45, 2.75) is 37.6 Å². The predicted octanol–water partition coefficient (Wildman–Crippen LogP) is 3.84. The molecule has 1 aromatic carbocycles. The average molecular weight is 465 g/mol. The molecule has 1 unspecified atom stereocenters. The molecule has 0 aliphatic heterocycles. The first-order chi connectivity index (χ1) is 14.2. The third-order valence-electron chi connectivity index (χ3n) is 4.28. The molecule has 0 radical (unpaired) electrons. The number of carbonyl (C=O) groups is 2. The maximum atomic E-state index is 12.5. The van der Waals surface area contributed by atoms with Gasteiger partial charge in [0.15, 0.2) is 10.3 Å². The molecule has 30 heavy (non-hydrogen) atoms. The highest BCUT2D eigenvalue weighted by Gasteiger charge is 2.21. The average Bonchev–Trinajstić information content (AvgIpc) is 3.19. The maximum Gasteiger partial charge on any atom is 0.239 e. The zero-order valence-corrected chi connectivity index (χ0v) is 19.3. The van der Waals surface area contributed by atoms with E-state index in [1.165, 1.54) is 23.1 Å². The van der Waals surface area contributed by atoms with E-state index in [9.17, 15) is 9.59 Å². The smallest absolute Gasteiger partial charge is 0.239 e. The highest BCUT2D eigenvalue weighted by Crippen LogP contribution is 2.25. The van der Waals surface area contributed by atoms with E-state index in [1.54, 1.807) is 42.8 Å². The van der Waals surface area contributed by atoms with Gasteiger partial charge in [-0.3, -0.25) is 9.59 Å². The van der Waals surface area contributed by atoms with Crippen molar-refractivity contribution < 1.29 is 9.59 Å². The quantitative estimate of drug-likeness (QED) is 0.515. The van der Waals surface area contributed by atoms with Crippen LogP contribution in [-0.4, -0.2) is 36.8 Å². The standard InChI is InChI=1S/C19H21ClN6O2S2/c1-10-11(2)29-18(21-10)23-17(28)12(3)30-19-25-24-15(26(19)4)9-16(27)22-14-7-5-13(20)6-8-14/h5-8,12H,9H2,1-4H3,(H,22,27)(H,21,23,28). The van der Waals surface area contributed by atoms with Crippen LogP contribution >= 0.6 is 34.7 Å². The second kappa shape index (κ2) is 9.59. The molecule has 2 N–H and O–H groups in total. The molecule has 0 saturated heterocycles. The number of benzene rings is 1. The third kappa shape index (κ3) is 5.59. The highest BCUT2D eigenvalue weighted by molar-refractivity contribution is 8.00. The Morgan fingerprint density at radius 3 is 2.53 bits per heavy atom. The molecule has 158 valence electrons. The maximum absolute atomic E-state index is 12.5. The SMILES string of the molecule is Cc1nc(NC(=O)C(C)Sc2nnc(CC(=O)Nc3ccc(Cl)cc3)n2C)sc1C. The molecule has 0 saturated carbocycles. The summed E-state index contributed by atoms with van der Waals surface area (Å²) in [6.07, 6.45) is 0.0604. The van der Waals surface area contributed by atoms with Crippen molar-refractivity contribution in [2.24, 2.45) is 7.05 Å². The summed E-state index contributed by atoms with van der Waals surface area (Å²) in [7, 11) is 1.77. The molecule has 11 heteroatoms. The predicted molar refractivity (Wildman–Crippen MR) is 120 cm³/mol. The van der Waals surface area contributed by atoms with Crippen molar-refractivity contribution in [3.63, 3.8) is 0 Å². The van der Waals surface area contributed by atoms with Gasteiger partial charge in [0.1, 0.15) is 5.82 Å². The molecule has 3 rings (SSSR count). The van der Waals surface area contributed by atoms with Crippen LogP contribution in [0, 0.1) is 13.8 Å². The number of halogens is 1. The Morgan fingerprint density at radius 1 is 1.20 bits per heavy atom. The van der Waals surface area contributed by atoms with E-state index < -0.39 is 5.25 Å². The number of nitrogens with zero attached hydrogens (tertiary/aromatic N) is 4. The molecule has 0 fully saturated rings. The summed E-state index contributed by atoms with van der Waals surface area (Å²) in [5.41, 5.74) is 1.56. The van der Waals surface area contributed by atoms with Crippen LogP contribution in [0.2, 0.25) is 5.02 Å². The zero-order valence-electron chi connectivity index (χ0n) is 16.9. The molecular weight excluding hydrogens is 444 g/mol. The Balaban J connectivity index is 1.58. The molecule has 3 aromatic rings. The lowest BCUT2D eigenvalue weighted by atomic mass is 10.3. The van der Waals surface area contributed by atoms with Gasteiger partial charge in [0, 0.05) is 22.6 Å². The number of amides is 2. The van der Waals surface area contributed by atoms with Crippen LogP contribution < -0.4 is 10.6 Å². The number of hydrogen-bond acceptors (Lipinski definition) is 7. The Hall–Kier alpha value is -2.43. The molecule has 2 heterocycles. The number of carbonyl (C=O) groups excluding carboxylic acids is 2. The molecule has 2 amide bonds. The van der Waals surface area contributed by atoms with Crippen LogP contribution in [0.3, 0.4) is 0 Å². The van der Waals surface area contributed by atoms with Gasteiger partial charge in [-0.05, 0) is 45.0 Å². The van der Waals surface area contributed by atoms with E-state index in [-0.39, 0.29) is 18.2 Å². The first kappa shape index (κ1) is 22.3. The fraction of sp³-hybridized carbons (Fsp3) is 0.316. The minimum atomic E-state index is -0.409. The van der Waals surface area contributed by atoms with Crippen molar-refractivity contribution in [2.75, 3.05) is 10.6 Å². The number of anilines is 2. The van der Waals surface area contributed by atoms with Crippen molar-refractivity contribution >= 4 is 57.3 Å². The van der Waals surface area contributed by atoms with Crippen LogP contribution in [0.25, 0.3) is 0 Å². The lowest BCUT2D eigenvalue weighted by Crippen LogP contribution is -2.23. The molecule has 0 bridgehead atoms. The summed E-state index contributed by atoms with van der Waals surface area (Å²) in [5.74, 6) is 0.117. The number of hydrogen-bond donors (Lipinski definition) is 2. The van der Waals surface area contributed by atoms with Crippen LogP contribution in [0.15, 0.2) is 29.4 Å². The second-order valence-corrected chi connectivity index (χ2v) is 9.55. The van der Waals surface area contributed by atoms with Crippen molar-refractivity contribution in [1.29, 1.82) is 0 Å². The minimum Gasteiger partial charge on any atom is -0.326 e. The Morgan fingerprint density at radius 2 is 1.90 bits per heavy atom. The van der Waals surface area contributed by atoms with Gasteiger partial charge in [0.2, 0.25) is 11.8 Å². The van der Waals surface area contributed by atoms with Crippen LogP contribution in [-0.2, 0) is 23.1 Å². The van der Waals surface area contributed by atoms with Crippen LogP contribution in [0.4, 0.5) is 10.8 Å². The van der Waals surface area contributed by atoms with E-state index in [4.69, 9.17) is 11.6 Å². The van der Waals surface area contributed by atoms with Crippen molar-refractivity contribution in [1.82, 2.24) is 19.7 Å². The lowest BCUT2D eigenvalue weighted by molar-refractivity contribution is -0.116. The largest absolute Gasteiger partial charge is 0.326 e. The van der Waals surface area contributed by atoms with Gasteiger partial charge in [0.05, 0.1) is 17.4 Å². The molecular formula is C19H21ClN6O2S2. The summed E-state index contributed by atoms with van der Waals surface area (Å²) < 4.78 is 1.72. The number of thioether (sulfide) groups is 1. The van der Waals surface area contributed by atoms with Gasteiger partial charge in [0.25, 0.3) is 0 Å². The monoisotopic (exact) mass is 464 g/mol. The molecule has 0 aliphatic carbocycles. The number of rotatable bonds is 7. The number of aryl methyl sites for hydroxylation is 2. The van der Waals surface area contributed by atoms with E-state index in [0.717, 1.165) is 10.6 Å². The van der Waals surface area contributed by atoms with Gasteiger partial charge < -0.3 is 15.2 Å². The Labute approximate surface area is 187 Å². The normalized spacial score (nSPS) is 11.9. The fourth-order valence-electron chi connectivity index (χ4n) is 2.43. The summed E-state index contributed by atoms with van der Waals surface area (Å²) in [6.45, 7) is 5.66. The second-order valence-electron chi connectivity index (χ2n) is 6.60. The third-order valence-corrected chi connectivity index (χ3v) is 6.66. The van der Waals surface area contributed by atoms with E-state index in [0.29, 0.717) is 26.8 Å². The molecule has 0 aliphatic rings. The number of thiazole rings is 1. The summed E-state index contributed by atoms with van der Waals surface area (Å²) in [4.78, 5) is 30.1. The van der Waals surface area contributed by atoms with Crippen molar-refractivity contribution in [3.05, 3.63) is 45.7 Å². The molecule has 2 aromatic heterocycles. The van der Waals surface area contributed by atoms with Gasteiger partial charge >= 0.3 is 0 Å². The topological polar surface area (TPSA) is 102 Å². The first-order valence-corrected chi connectivity index (χ1v) is 11.2. The summed E-state index contributed by atoms with van der Waals surface area (Å²) >= 11 is 8.56. The van der Waals surface area contributed by atoms with E-state index >= 15 is 0 Å². The molecule has 8 nitrogen and oxygen atoms in total. The minimum absolute atomic E-state index is 0.0604. The van der Waals surface area contributed by atoms with E-state index in [2.05, 4.69) is 25.8 Å². The number of nitrogens with one attached hydrogen (secondary N) is 2. The molecule has 0 spiro atoms. The van der Waals surface area contributed by atoms with Gasteiger partial charge in [-0.25, -0.2) is 4.98 Å². The van der Waals surface area contributed by atoms with Crippen molar-refractivity contribution in [3.8, 4) is 0 Å². The van der Waals surface area contributed by atoms with Gasteiger partial charge in [-0.15, -0.1) is 21.5 Å². The van der Waals surface area contributed by atoms with E-state index in [1.807, 2.05) is 13.8 Å². The summed E-state index contributed by atoms with van der Waals surface area (Å²) in [6, 6.07) is 6.86. The van der Waals surface area contributed by atoms with Crippen LogP contribution in [0.1, 0.15) is 23.3 Å². The van der Waals surface area contributed by atoms with Crippen LogP contribution in [0.5, 0.6) is 0 Å². The first-order valence-electron chi connectivity index (χ1n) is 9.08. The number of aromatic nitrogens is 4. The highest BCUT2D eigenvalue weighted by atomic mass is 35.5.